The summed E-state index contributed by atoms with van der Waals surface area (Å²) in [6, 6.07) is 0. The van der Waals surface area contributed by atoms with Crippen molar-refractivity contribution in [3.63, 3.8) is 0 Å². The number of hydrogen-bond donors (Lipinski definition) is 4. The van der Waals surface area contributed by atoms with Crippen LogP contribution in [0.15, 0.2) is 34.6 Å². The lowest BCUT2D eigenvalue weighted by Crippen LogP contribution is -2.45. The van der Waals surface area contributed by atoms with E-state index in [1.165, 1.54) is 44.1 Å². The molecule has 1 fully saturated rings. The first kappa shape index (κ1) is 20.8. The van der Waals surface area contributed by atoms with E-state index in [9.17, 15) is 20.4 Å². The van der Waals surface area contributed by atoms with Crippen LogP contribution in [0.4, 0.5) is 0 Å². The predicted molar refractivity (Wildman–Crippen MR) is 117 cm³/mol. The average molecular weight is 415 g/mol. The van der Waals surface area contributed by atoms with Gasteiger partial charge in [0.25, 0.3) is 0 Å². The molecule has 0 amide bonds. The Labute approximate surface area is 180 Å². The summed E-state index contributed by atoms with van der Waals surface area (Å²) in [4.78, 5) is 0. The fourth-order valence-electron chi connectivity index (χ4n) is 7.85. The summed E-state index contributed by atoms with van der Waals surface area (Å²) in [5.74, 6) is 2.58. The van der Waals surface area contributed by atoms with E-state index < -0.39 is 18.3 Å². The molecule has 30 heavy (non-hydrogen) atoms. The molecule has 0 aromatic carbocycles. The van der Waals surface area contributed by atoms with Gasteiger partial charge in [-0.2, -0.15) is 0 Å². The molecule has 0 bridgehead atoms. The van der Waals surface area contributed by atoms with E-state index in [1.54, 1.807) is 11.1 Å². The van der Waals surface area contributed by atoms with Crippen LogP contribution in [0, 0.1) is 29.6 Å². The molecule has 7 unspecified atom stereocenters. The van der Waals surface area contributed by atoms with E-state index in [2.05, 4.69) is 12.2 Å². The molecule has 1 saturated carbocycles. The van der Waals surface area contributed by atoms with Gasteiger partial charge in [-0.15, -0.1) is 0 Å². The van der Waals surface area contributed by atoms with E-state index in [4.69, 9.17) is 0 Å². The first-order valence-electron chi connectivity index (χ1n) is 12.4. The van der Waals surface area contributed by atoms with E-state index in [0.717, 1.165) is 19.3 Å². The maximum Gasteiger partial charge on any atom is 0.0911 e. The van der Waals surface area contributed by atoms with E-state index in [-0.39, 0.29) is 5.92 Å². The highest BCUT2D eigenvalue weighted by Gasteiger charge is 2.49. The summed E-state index contributed by atoms with van der Waals surface area (Å²) in [7, 11) is 0. The Kier molecular flexibility index (Phi) is 5.85. The van der Waals surface area contributed by atoms with Crippen LogP contribution >= 0.6 is 0 Å². The summed E-state index contributed by atoms with van der Waals surface area (Å²) in [6.07, 6.45) is 14.8. The standard InChI is InChI=1S/C26H38O4/c27-17-9-15(10-18(28)13-17)25-21-5-1-2-6-22(21)26(24-8-4-3-7-23(24)25)16-11-19(29)14-20(30)12-16/h9,11,15,18-22,25-30H,1-8,10,12-14H2/t15?,18?,19?,20?,21?,22?,25-,26?/m1/s1. The highest BCUT2D eigenvalue weighted by Crippen LogP contribution is 2.58. The third kappa shape index (κ3) is 3.80. The molecule has 4 N–H and O–H groups in total. The van der Waals surface area contributed by atoms with E-state index in [1.807, 2.05) is 0 Å². The van der Waals surface area contributed by atoms with E-state index in [0.29, 0.717) is 48.7 Å². The van der Waals surface area contributed by atoms with Gasteiger partial charge in [0.1, 0.15) is 0 Å². The minimum absolute atomic E-state index is 0.236. The molecule has 0 spiro atoms. The maximum absolute atomic E-state index is 10.4. The van der Waals surface area contributed by atoms with Gasteiger partial charge < -0.3 is 20.4 Å². The lowest BCUT2D eigenvalue weighted by atomic mass is 9.52. The molecule has 0 aromatic heterocycles. The lowest BCUT2D eigenvalue weighted by molar-refractivity contribution is 0.0535. The third-order valence-electron chi connectivity index (χ3n) is 8.74. The van der Waals surface area contributed by atoms with Crippen molar-refractivity contribution in [3.8, 4) is 0 Å². The van der Waals surface area contributed by atoms with Gasteiger partial charge in [-0.05, 0) is 81.1 Å². The number of fused-ring (bicyclic) bond motifs is 1. The fraction of sp³-hybridized carbons (Fsp3) is 0.769. The van der Waals surface area contributed by atoms with Crippen molar-refractivity contribution in [3.05, 3.63) is 34.6 Å². The number of aliphatic hydroxyl groups is 4. The van der Waals surface area contributed by atoms with Gasteiger partial charge in [0.05, 0.1) is 24.1 Å². The van der Waals surface area contributed by atoms with Gasteiger partial charge in [0.2, 0.25) is 0 Å². The molecule has 0 aliphatic heterocycles. The van der Waals surface area contributed by atoms with Crippen LogP contribution in [0.5, 0.6) is 0 Å². The van der Waals surface area contributed by atoms with Crippen LogP contribution in [-0.2, 0) is 0 Å². The largest absolute Gasteiger partial charge is 0.513 e. The van der Waals surface area contributed by atoms with Gasteiger partial charge in [0, 0.05) is 18.8 Å². The molecule has 4 heteroatoms. The monoisotopic (exact) mass is 414 g/mol. The zero-order chi connectivity index (χ0) is 20.8. The molecule has 166 valence electrons. The molecule has 0 saturated heterocycles. The van der Waals surface area contributed by atoms with Crippen molar-refractivity contribution in [1.82, 2.24) is 0 Å². The third-order valence-corrected chi connectivity index (χ3v) is 8.74. The molecule has 0 aromatic rings. The van der Waals surface area contributed by atoms with Crippen LogP contribution in [0.1, 0.15) is 77.0 Å². The Hall–Kier alpha value is -1.10. The molecular formula is C26H38O4. The second kappa shape index (κ2) is 8.44. The normalized spacial score (nSPS) is 44.6. The first-order valence-corrected chi connectivity index (χ1v) is 12.4. The van der Waals surface area contributed by atoms with Crippen LogP contribution < -0.4 is 0 Å². The quantitative estimate of drug-likeness (QED) is 0.499. The van der Waals surface area contributed by atoms with Crippen molar-refractivity contribution in [2.45, 2.75) is 95.4 Å². The topological polar surface area (TPSA) is 80.9 Å². The van der Waals surface area contributed by atoms with Gasteiger partial charge in [-0.25, -0.2) is 0 Å². The van der Waals surface area contributed by atoms with Crippen molar-refractivity contribution in [2.24, 2.45) is 29.6 Å². The second-order valence-corrected chi connectivity index (χ2v) is 10.7. The molecule has 0 radical (unpaired) electrons. The molecule has 0 heterocycles. The fourth-order valence-corrected chi connectivity index (χ4v) is 7.85. The number of aliphatic hydroxyl groups excluding tert-OH is 4. The van der Waals surface area contributed by atoms with Crippen molar-refractivity contribution >= 4 is 0 Å². The second-order valence-electron chi connectivity index (χ2n) is 10.7. The number of rotatable bonds is 2. The maximum atomic E-state index is 10.4. The average Bonchev–Trinajstić information content (AvgIpc) is 2.70. The number of allylic oxidation sites excluding steroid dienone is 3. The van der Waals surface area contributed by atoms with Gasteiger partial charge >= 0.3 is 0 Å². The zero-order valence-corrected chi connectivity index (χ0v) is 18.0. The summed E-state index contributed by atoms with van der Waals surface area (Å²) >= 11 is 0. The Morgan fingerprint density at radius 2 is 1.43 bits per heavy atom. The molecule has 5 rings (SSSR count). The number of hydrogen-bond acceptors (Lipinski definition) is 4. The van der Waals surface area contributed by atoms with Crippen molar-refractivity contribution < 1.29 is 20.4 Å². The van der Waals surface area contributed by atoms with Crippen LogP contribution in [0.2, 0.25) is 0 Å². The minimum Gasteiger partial charge on any atom is -0.513 e. The van der Waals surface area contributed by atoms with Crippen molar-refractivity contribution in [1.29, 1.82) is 0 Å². The molecule has 4 nitrogen and oxygen atoms in total. The van der Waals surface area contributed by atoms with Gasteiger partial charge in [-0.3, -0.25) is 0 Å². The Balaban J connectivity index is 1.59. The summed E-state index contributed by atoms with van der Waals surface area (Å²) in [5, 5.41) is 41.5. The highest BCUT2D eigenvalue weighted by atomic mass is 16.3. The molecular weight excluding hydrogens is 376 g/mol. The van der Waals surface area contributed by atoms with E-state index >= 15 is 0 Å². The smallest absolute Gasteiger partial charge is 0.0911 e. The van der Waals surface area contributed by atoms with Gasteiger partial charge in [0.15, 0.2) is 0 Å². The SMILES string of the molecule is OC1=CC([C@H]2C3=C(CCCC3)C(C3=CC(O)CC(O)C3)C3CCCCC32)CC(O)C1. The summed E-state index contributed by atoms with van der Waals surface area (Å²) in [6.45, 7) is 0. The molecule has 5 aliphatic carbocycles. The van der Waals surface area contributed by atoms with Crippen LogP contribution in [0.25, 0.3) is 0 Å². The Morgan fingerprint density at radius 3 is 2.17 bits per heavy atom. The Morgan fingerprint density at radius 1 is 0.733 bits per heavy atom. The molecule has 5 aliphatic rings. The lowest BCUT2D eigenvalue weighted by Gasteiger charge is -2.53. The Bertz CT molecular complexity index is 750. The predicted octanol–water partition coefficient (Wildman–Crippen LogP) is 4.56. The van der Waals surface area contributed by atoms with Crippen LogP contribution in [0.3, 0.4) is 0 Å². The summed E-state index contributed by atoms with van der Waals surface area (Å²) < 4.78 is 0. The van der Waals surface area contributed by atoms with Crippen molar-refractivity contribution in [2.75, 3.05) is 0 Å². The highest BCUT2D eigenvalue weighted by molar-refractivity contribution is 5.37. The first-order chi connectivity index (χ1) is 14.5. The minimum atomic E-state index is -0.524. The van der Waals surface area contributed by atoms with Crippen LogP contribution in [-0.4, -0.2) is 38.7 Å². The zero-order valence-electron chi connectivity index (χ0n) is 18.0. The van der Waals surface area contributed by atoms with Gasteiger partial charge in [-0.1, -0.05) is 35.6 Å². The summed E-state index contributed by atoms with van der Waals surface area (Å²) in [5.41, 5.74) is 4.48. The molecule has 8 atom stereocenters.